The molecule has 20 heavy (non-hydrogen) atoms. The SMILES string of the molecule is Cc1cccc(CN)c1Sc1ccc2c(c1)OCCO2. The highest BCUT2D eigenvalue weighted by Crippen LogP contribution is 2.38. The summed E-state index contributed by atoms with van der Waals surface area (Å²) in [6.45, 7) is 3.89. The van der Waals surface area contributed by atoms with Crippen LogP contribution in [0.3, 0.4) is 0 Å². The fourth-order valence-corrected chi connectivity index (χ4v) is 3.27. The van der Waals surface area contributed by atoms with Crippen LogP contribution >= 0.6 is 11.8 Å². The number of benzene rings is 2. The van der Waals surface area contributed by atoms with Gasteiger partial charge in [-0.05, 0) is 36.2 Å². The van der Waals surface area contributed by atoms with E-state index in [-0.39, 0.29) is 0 Å². The van der Waals surface area contributed by atoms with E-state index in [1.54, 1.807) is 11.8 Å². The van der Waals surface area contributed by atoms with Crippen LogP contribution in [-0.4, -0.2) is 13.2 Å². The van der Waals surface area contributed by atoms with Crippen molar-refractivity contribution < 1.29 is 9.47 Å². The summed E-state index contributed by atoms with van der Waals surface area (Å²) in [6.07, 6.45) is 0. The molecule has 0 atom stereocenters. The van der Waals surface area contributed by atoms with E-state index in [4.69, 9.17) is 15.2 Å². The summed E-state index contributed by atoms with van der Waals surface area (Å²) < 4.78 is 11.2. The van der Waals surface area contributed by atoms with Crippen LogP contribution in [0.15, 0.2) is 46.2 Å². The number of fused-ring (bicyclic) bond motifs is 1. The molecule has 0 aliphatic carbocycles. The van der Waals surface area contributed by atoms with Gasteiger partial charge in [0.1, 0.15) is 13.2 Å². The van der Waals surface area contributed by atoms with Gasteiger partial charge in [-0.15, -0.1) is 0 Å². The van der Waals surface area contributed by atoms with Crippen molar-refractivity contribution in [3.8, 4) is 11.5 Å². The maximum absolute atomic E-state index is 5.83. The van der Waals surface area contributed by atoms with Crippen LogP contribution in [0.1, 0.15) is 11.1 Å². The first-order chi connectivity index (χ1) is 9.78. The highest BCUT2D eigenvalue weighted by atomic mass is 32.2. The van der Waals surface area contributed by atoms with Crippen molar-refractivity contribution in [1.29, 1.82) is 0 Å². The number of nitrogens with two attached hydrogens (primary N) is 1. The third-order valence-corrected chi connectivity index (χ3v) is 4.52. The minimum absolute atomic E-state index is 0.550. The number of hydrogen-bond acceptors (Lipinski definition) is 4. The van der Waals surface area contributed by atoms with Gasteiger partial charge in [0.25, 0.3) is 0 Å². The van der Waals surface area contributed by atoms with Crippen LogP contribution in [0.25, 0.3) is 0 Å². The molecule has 3 nitrogen and oxygen atoms in total. The molecule has 1 heterocycles. The fourth-order valence-electron chi connectivity index (χ4n) is 2.23. The average molecular weight is 287 g/mol. The van der Waals surface area contributed by atoms with E-state index in [1.165, 1.54) is 16.0 Å². The number of rotatable bonds is 3. The zero-order valence-electron chi connectivity index (χ0n) is 11.4. The summed E-state index contributed by atoms with van der Waals surface area (Å²) >= 11 is 1.72. The van der Waals surface area contributed by atoms with Crippen LogP contribution in [-0.2, 0) is 6.54 Å². The largest absolute Gasteiger partial charge is 0.486 e. The van der Waals surface area contributed by atoms with Crippen molar-refractivity contribution in [3.63, 3.8) is 0 Å². The van der Waals surface area contributed by atoms with Crippen LogP contribution in [0.4, 0.5) is 0 Å². The molecule has 0 amide bonds. The van der Waals surface area contributed by atoms with E-state index in [1.807, 2.05) is 18.2 Å². The van der Waals surface area contributed by atoms with Crippen molar-refractivity contribution in [2.24, 2.45) is 5.73 Å². The topological polar surface area (TPSA) is 44.5 Å². The second-order valence-electron chi connectivity index (χ2n) is 4.67. The van der Waals surface area contributed by atoms with Gasteiger partial charge >= 0.3 is 0 Å². The van der Waals surface area contributed by atoms with E-state index < -0.39 is 0 Å². The lowest BCUT2D eigenvalue weighted by atomic mass is 10.1. The second kappa shape index (κ2) is 5.77. The first kappa shape index (κ1) is 13.3. The number of ether oxygens (including phenoxy) is 2. The van der Waals surface area contributed by atoms with Gasteiger partial charge in [-0.1, -0.05) is 30.0 Å². The van der Waals surface area contributed by atoms with Crippen molar-refractivity contribution in [2.75, 3.05) is 13.2 Å². The predicted molar refractivity (Wildman–Crippen MR) is 80.6 cm³/mol. The lowest BCUT2D eigenvalue weighted by Gasteiger charge is -2.19. The quantitative estimate of drug-likeness (QED) is 0.940. The first-order valence-corrected chi connectivity index (χ1v) is 7.45. The minimum atomic E-state index is 0.550. The Kier molecular flexibility index (Phi) is 3.85. The lowest BCUT2D eigenvalue weighted by molar-refractivity contribution is 0.171. The maximum atomic E-state index is 5.83. The average Bonchev–Trinajstić information content (AvgIpc) is 2.49. The van der Waals surface area contributed by atoms with Gasteiger partial charge < -0.3 is 15.2 Å². The zero-order chi connectivity index (χ0) is 13.9. The Labute approximate surface area is 123 Å². The van der Waals surface area contributed by atoms with Crippen LogP contribution in [0.5, 0.6) is 11.5 Å². The molecule has 0 unspecified atom stereocenters. The molecule has 0 saturated carbocycles. The lowest BCUT2D eigenvalue weighted by Crippen LogP contribution is -2.15. The Morgan fingerprint density at radius 2 is 1.90 bits per heavy atom. The van der Waals surface area contributed by atoms with Gasteiger partial charge in [0, 0.05) is 16.3 Å². The van der Waals surface area contributed by atoms with Gasteiger partial charge in [0.15, 0.2) is 11.5 Å². The molecule has 0 radical (unpaired) electrons. The number of aryl methyl sites for hydroxylation is 1. The molecule has 0 bridgehead atoms. The Morgan fingerprint density at radius 3 is 2.70 bits per heavy atom. The molecular weight excluding hydrogens is 270 g/mol. The Bertz CT molecular complexity index is 628. The van der Waals surface area contributed by atoms with Gasteiger partial charge in [0.05, 0.1) is 0 Å². The van der Waals surface area contributed by atoms with Crippen LogP contribution in [0.2, 0.25) is 0 Å². The summed E-state index contributed by atoms with van der Waals surface area (Å²) in [5, 5.41) is 0. The summed E-state index contributed by atoms with van der Waals surface area (Å²) in [5.41, 5.74) is 8.24. The van der Waals surface area contributed by atoms with E-state index in [2.05, 4.69) is 25.1 Å². The fraction of sp³-hybridized carbons (Fsp3) is 0.250. The smallest absolute Gasteiger partial charge is 0.162 e. The summed E-state index contributed by atoms with van der Waals surface area (Å²) in [4.78, 5) is 2.37. The number of hydrogen-bond donors (Lipinski definition) is 1. The third-order valence-electron chi connectivity index (χ3n) is 3.25. The highest BCUT2D eigenvalue weighted by Gasteiger charge is 2.13. The molecule has 2 aromatic carbocycles. The third kappa shape index (κ3) is 2.62. The van der Waals surface area contributed by atoms with E-state index in [0.717, 1.165) is 16.4 Å². The van der Waals surface area contributed by atoms with Gasteiger partial charge in [-0.2, -0.15) is 0 Å². The summed E-state index contributed by atoms with van der Waals surface area (Å²) in [5.74, 6) is 1.65. The molecule has 4 heteroatoms. The second-order valence-corrected chi connectivity index (χ2v) is 5.76. The molecule has 2 N–H and O–H groups in total. The molecule has 1 aliphatic heterocycles. The summed E-state index contributed by atoms with van der Waals surface area (Å²) in [7, 11) is 0. The Balaban J connectivity index is 1.92. The molecule has 0 fully saturated rings. The van der Waals surface area contributed by atoms with Crippen molar-refractivity contribution >= 4 is 11.8 Å². The molecule has 0 aromatic heterocycles. The maximum Gasteiger partial charge on any atom is 0.162 e. The van der Waals surface area contributed by atoms with Gasteiger partial charge in [-0.3, -0.25) is 0 Å². The standard InChI is InChI=1S/C16H17NO2S/c1-11-3-2-4-12(10-17)16(11)20-13-5-6-14-15(9-13)19-8-7-18-14/h2-6,9H,7-8,10,17H2,1H3. The Morgan fingerprint density at radius 1 is 1.10 bits per heavy atom. The van der Waals surface area contributed by atoms with Gasteiger partial charge in [-0.25, -0.2) is 0 Å². The molecular formula is C16H17NO2S. The van der Waals surface area contributed by atoms with Crippen molar-refractivity contribution in [2.45, 2.75) is 23.3 Å². The molecule has 104 valence electrons. The molecule has 2 aromatic rings. The van der Waals surface area contributed by atoms with Crippen LogP contribution in [0, 0.1) is 6.92 Å². The van der Waals surface area contributed by atoms with E-state index >= 15 is 0 Å². The van der Waals surface area contributed by atoms with Crippen molar-refractivity contribution in [1.82, 2.24) is 0 Å². The van der Waals surface area contributed by atoms with E-state index in [9.17, 15) is 0 Å². The molecule has 3 rings (SSSR count). The molecule has 0 saturated heterocycles. The Hall–Kier alpha value is -1.65. The molecule has 0 spiro atoms. The zero-order valence-corrected chi connectivity index (χ0v) is 12.2. The highest BCUT2D eigenvalue weighted by molar-refractivity contribution is 7.99. The van der Waals surface area contributed by atoms with Gasteiger partial charge in [0.2, 0.25) is 0 Å². The monoisotopic (exact) mass is 287 g/mol. The van der Waals surface area contributed by atoms with Crippen LogP contribution < -0.4 is 15.2 Å². The van der Waals surface area contributed by atoms with Crippen molar-refractivity contribution in [3.05, 3.63) is 47.5 Å². The first-order valence-electron chi connectivity index (χ1n) is 6.64. The molecule has 1 aliphatic rings. The summed E-state index contributed by atoms with van der Waals surface area (Å²) in [6, 6.07) is 12.3. The van der Waals surface area contributed by atoms with E-state index in [0.29, 0.717) is 19.8 Å². The predicted octanol–water partition coefficient (Wildman–Crippen LogP) is 3.38. The minimum Gasteiger partial charge on any atom is -0.486 e. The normalized spacial score (nSPS) is 13.3.